The maximum Gasteiger partial charge on any atom is 0.259 e. The van der Waals surface area contributed by atoms with Gasteiger partial charge in [-0.3, -0.25) is 4.79 Å². The van der Waals surface area contributed by atoms with E-state index in [4.69, 9.17) is 16.6 Å². The number of hydrogen-bond acceptors (Lipinski definition) is 2. The summed E-state index contributed by atoms with van der Waals surface area (Å²) in [4.78, 5) is 20.2. The zero-order valence-electron chi connectivity index (χ0n) is 14.6. The van der Waals surface area contributed by atoms with Crippen LogP contribution in [0.1, 0.15) is 57.0 Å². The highest BCUT2D eigenvalue weighted by Gasteiger charge is 2.28. The molecule has 3 rings (SSSR count). The van der Waals surface area contributed by atoms with E-state index >= 15 is 0 Å². The lowest BCUT2D eigenvalue weighted by Crippen LogP contribution is -2.22. The Bertz CT molecular complexity index is 756. The minimum atomic E-state index is -0.0502. The predicted octanol–water partition coefficient (Wildman–Crippen LogP) is 5.33. The fourth-order valence-corrected chi connectivity index (χ4v) is 3.98. The number of nitrogens with one attached hydrogen (secondary N) is 1. The van der Waals surface area contributed by atoms with Gasteiger partial charge in [-0.15, -0.1) is 0 Å². The number of aryl methyl sites for hydroxylation is 1. The normalized spacial score (nSPS) is 21.2. The highest BCUT2D eigenvalue weighted by molar-refractivity contribution is 6.30. The van der Waals surface area contributed by atoms with E-state index in [1.54, 1.807) is 0 Å². The second-order valence-electron chi connectivity index (χ2n) is 7.27. The fourth-order valence-electron chi connectivity index (χ4n) is 3.86. The average Bonchev–Trinajstić information content (AvgIpc) is 2.55. The van der Waals surface area contributed by atoms with Crippen LogP contribution in [0.5, 0.6) is 0 Å². The van der Waals surface area contributed by atoms with Crippen molar-refractivity contribution in [1.29, 1.82) is 0 Å². The van der Waals surface area contributed by atoms with Gasteiger partial charge in [0.05, 0.1) is 11.3 Å². The first-order valence-corrected chi connectivity index (χ1v) is 9.20. The first kappa shape index (κ1) is 17.2. The second kappa shape index (κ2) is 7.10. The van der Waals surface area contributed by atoms with Crippen molar-refractivity contribution in [2.24, 2.45) is 11.8 Å². The van der Waals surface area contributed by atoms with Crippen LogP contribution in [0.2, 0.25) is 5.02 Å². The maximum absolute atomic E-state index is 12.6. The number of aromatic nitrogens is 2. The molecule has 1 aromatic heterocycles. The van der Waals surface area contributed by atoms with Crippen LogP contribution in [-0.2, 0) is 0 Å². The van der Waals surface area contributed by atoms with E-state index in [9.17, 15) is 4.79 Å². The van der Waals surface area contributed by atoms with Crippen molar-refractivity contribution in [3.63, 3.8) is 0 Å². The predicted molar refractivity (Wildman–Crippen MR) is 99.6 cm³/mol. The minimum absolute atomic E-state index is 0.0502. The molecule has 0 amide bonds. The Morgan fingerprint density at radius 3 is 2.33 bits per heavy atom. The van der Waals surface area contributed by atoms with Gasteiger partial charge in [0.25, 0.3) is 5.56 Å². The van der Waals surface area contributed by atoms with Crippen molar-refractivity contribution in [2.75, 3.05) is 0 Å². The van der Waals surface area contributed by atoms with E-state index < -0.39 is 0 Å². The van der Waals surface area contributed by atoms with Crippen LogP contribution in [0.25, 0.3) is 11.1 Å². The molecule has 1 heterocycles. The van der Waals surface area contributed by atoms with Gasteiger partial charge in [0.1, 0.15) is 5.82 Å². The number of H-pyrrole nitrogens is 1. The molecule has 0 unspecified atom stereocenters. The van der Waals surface area contributed by atoms with E-state index in [1.807, 2.05) is 31.2 Å². The molecule has 0 radical (unpaired) electrons. The van der Waals surface area contributed by atoms with Gasteiger partial charge >= 0.3 is 0 Å². The van der Waals surface area contributed by atoms with Gasteiger partial charge in [-0.1, -0.05) is 37.6 Å². The van der Waals surface area contributed by atoms with Gasteiger partial charge in [-0.25, -0.2) is 4.98 Å². The van der Waals surface area contributed by atoms with Crippen LogP contribution in [0.4, 0.5) is 0 Å². The molecule has 0 saturated heterocycles. The number of halogens is 1. The Hall–Kier alpha value is -1.61. The molecular formula is C20H25ClN2O. The highest BCUT2D eigenvalue weighted by Crippen LogP contribution is 2.40. The molecule has 0 spiro atoms. The standard InChI is InChI=1S/C20H25ClN2O/c1-12(2)14-4-6-16(7-5-14)19-18(20(24)23-13(3)22-19)15-8-10-17(21)11-9-15/h8-12,14,16H,4-7H2,1-3H3,(H,22,23,24)/t14-,16+. The van der Waals surface area contributed by atoms with Crippen LogP contribution in [0.3, 0.4) is 0 Å². The molecule has 128 valence electrons. The van der Waals surface area contributed by atoms with Crippen LogP contribution in [-0.4, -0.2) is 9.97 Å². The van der Waals surface area contributed by atoms with Crippen LogP contribution in [0, 0.1) is 18.8 Å². The first-order chi connectivity index (χ1) is 11.5. The van der Waals surface area contributed by atoms with Crippen LogP contribution >= 0.6 is 11.6 Å². The lowest BCUT2D eigenvalue weighted by molar-refractivity contribution is 0.257. The molecule has 24 heavy (non-hydrogen) atoms. The van der Waals surface area contributed by atoms with Crippen molar-refractivity contribution in [1.82, 2.24) is 9.97 Å². The summed E-state index contributed by atoms with van der Waals surface area (Å²) in [5.41, 5.74) is 2.52. The van der Waals surface area contributed by atoms with E-state index in [1.165, 1.54) is 12.8 Å². The summed E-state index contributed by atoms with van der Waals surface area (Å²) in [6.45, 7) is 6.47. The van der Waals surface area contributed by atoms with Gasteiger partial charge in [-0.05, 0) is 62.1 Å². The zero-order valence-corrected chi connectivity index (χ0v) is 15.4. The van der Waals surface area contributed by atoms with Crippen molar-refractivity contribution in [3.05, 3.63) is 51.2 Å². The third kappa shape index (κ3) is 3.56. The average molecular weight is 345 g/mol. The van der Waals surface area contributed by atoms with Gasteiger partial charge in [0.2, 0.25) is 0 Å². The largest absolute Gasteiger partial charge is 0.310 e. The maximum atomic E-state index is 12.6. The van der Waals surface area contributed by atoms with Gasteiger partial charge in [0, 0.05) is 10.9 Å². The molecule has 0 atom stereocenters. The molecular weight excluding hydrogens is 320 g/mol. The summed E-state index contributed by atoms with van der Waals surface area (Å²) in [5.74, 6) is 2.59. The van der Waals surface area contributed by atoms with E-state index in [-0.39, 0.29) is 5.56 Å². The third-order valence-corrected chi connectivity index (χ3v) is 5.55. The quantitative estimate of drug-likeness (QED) is 0.818. The number of hydrogen-bond donors (Lipinski definition) is 1. The Labute approximate surface area is 148 Å². The number of benzene rings is 1. The molecule has 1 N–H and O–H groups in total. The zero-order chi connectivity index (χ0) is 17.3. The molecule has 0 aliphatic heterocycles. The molecule has 1 aliphatic carbocycles. The molecule has 1 fully saturated rings. The Morgan fingerprint density at radius 1 is 1.12 bits per heavy atom. The van der Waals surface area contributed by atoms with Crippen LogP contribution < -0.4 is 5.56 Å². The Kier molecular flexibility index (Phi) is 5.09. The molecule has 4 heteroatoms. The summed E-state index contributed by atoms with van der Waals surface area (Å²) in [7, 11) is 0. The van der Waals surface area contributed by atoms with Crippen molar-refractivity contribution in [3.8, 4) is 11.1 Å². The van der Waals surface area contributed by atoms with Gasteiger partial charge < -0.3 is 4.98 Å². The van der Waals surface area contributed by atoms with Crippen molar-refractivity contribution >= 4 is 11.6 Å². The Morgan fingerprint density at radius 2 is 1.75 bits per heavy atom. The number of nitrogens with zero attached hydrogens (tertiary/aromatic N) is 1. The monoisotopic (exact) mass is 344 g/mol. The Balaban J connectivity index is 1.99. The van der Waals surface area contributed by atoms with Crippen molar-refractivity contribution < 1.29 is 0 Å². The summed E-state index contributed by atoms with van der Waals surface area (Å²) < 4.78 is 0. The van der Waals surface area contributed by atoms with E-state index in [2.05, 4.69) is 18.8 Å². The number of aromatic amines is 1. The van der Waals surface area contributed by atoms with E-state index in [0.29, 0.717) is 22.3 Å². The molecule has 1 aliphatic rings. The third-order valence-electron chi connectivity index (χ3n) is 5.30. The number of rotatable bonds is 3. The fraction of sp³-hybridized carbons (Fsp3) is 0.500. The molecule has 2 aromatic rings. The first-order valence-electron chi connectivity index (χ1n) is 8.82. The highest BCUT2D eigenvalue weighted by atomic mass is 35.5. The summed E-state index contributed by atoms with van der Waals surface area (Å²) in [6, 6.07) is 7.48. The van der Waals surface area contributed by atoms with Crippen LogP contribution in [0.15, 0.2) is 29.1 Å². The van der Waals surface area contributed by atoms with Gasteiger partial charge in [0.15, 0.2) is 0 Å². The molecule has 1 saturated carbocycles. The molecule has 1 aromatic carbocycles. The summed E-state index contributed by atoms with van der Waals surface area (Å²) in [5, 5.41) is 0.675. The minimum Gasteiger partial charge on any atom is -0.310 e. The lowest BCUT2D eigenvalue weighted by atomic mass is 9.75. The van der Waals surface area contributed by atoms with Gasteiger partial charge in [-0.2, -0.15) is 0 Å². The SMILES string of the molecule is Cc1nc([C@H]2CC[C@@H](C(C)C)CC2)c(-c2ccc(Cl)cc2)c(=O)[nH]1. The topological polar surface area (TPSA) is 45.8 Å². The molecule has 3 nitrogen and oxygen atoms in total. The summed E-state index contributed by atoms with van der Waals surface area (Å²) >= 11 is 6.00. The lowest BCUT2D eigenvalue weighted by Gasteiger charge is -2.31. The molecule has 0 bridgehead atoms. The smallest absolute Gasteiger partial charge is 0.259 e. The van der Waals surface area contributed by atoms with Crippen molar-refractivity contribution in [2.45, 2.75) is 52.4 Å². The van der Waals surface area contributed by atoms with E-state index in [0.717, 1.165) is 35.9 Å². The summed E-state index contributed by atoms with van der Waals surface area (Å²) in [6.07, 6.45) is 4.66. The second-order valence-corrected chi connectivity index (χ2v) is 7.71.